The van der Waals surface area contributed by atoms with Crippen LogP contribution in [0.1, 0.15) is 43.7 Å². The molecule has 0 radical (unpaired) electrons. The second kappa shape index (κ2) is 9.57. The third kappa shape index (κ3) is 5.48. The molecule has 0 aromatic heterocycles. The molecule has 2 aromatic carbocycles. The van der Waals surface area contributed by atoms with Gasteiger partial charge in [-0.15, -0.1) is 0 Å². The molecule has 1 aliphatic heterocycles. The average Bonchev–Trinajstić information content (AvgIpc) is 2.76. The summed E-state index contributed by atoms with van der Waals surface area (Å²) in [4.78, 5) is 22.9. The molecule has 2 atom stereocenters. The number of carboxylic acid groups (broad SMARTS) is 1. The number of anilines is 1. The van der Waals surface area contributed by atoms with Crippen molar-refractivity contribution in [2.45, 2.75) is 61.7 Å². The number of rotatable bonds is 8. The molecule has 0 fully saturated rings. The van der Waals surface area contributed by atoms with E-state index in [1.54, 1.807) is 0 Å². The first-order valence-electron chi connectivity index (χ1n) is 10.6. The number of aryl methyl sites for hydroxylation is 1. The Bertz CT molecular complexity index is 1230. The number of benzene rings is 2. The van der Waals surface area contributed by atoms with Gasteiger partial charge in [0.05, 0.1) is 23.0 Å². The highest BCUT2D eigenvalue weighted by Gasteiger charge is 2.51. The lowest BCUT2D eigenvalue weighted by atomic mass is 9.88. The molecule has 0 aliphatic carbocycles. The molecule has 0 amide bonds. The zero-order chi connectivity index (χ0) is 26.2. The van der Waals surface area contributed by atoms with E-state index in [0.29, 0.717) is 6.92 Å². The van der Waals surface area contributed by atoms with Crippen LogP contribution in [0.25, 0.3) is 0 Å². The number of halogens is 4. The van der Waals surface area contributed by atoms with E-state index >= 15 is 0 Å². The van der Waals surface area contributed by atoms with Crippen molar-refractivity contribution in [1.29, 1.82) is 0 Å². The molecule has 2 aromatic rings. The number of sulfonamides is 1. The molecule has 3 rings (SSSR count). The Hall–Kier alpha value is -2.99. The van der Waals surface area contributed by atoms with E-state index in [9.17, 15) is 40.7 Å². The van der Waals surface area contributed by atoms with Gasteiger partial charge in [-0.25, -0.2) is 12.8 Å². The van der Waals surface area contributed by atoms with E-state index in [1.165, 1.54) is 0 Å². The summed E-state index contributed by atoms with van der Waals surface area (Å²) in [5.41, 5.74) is -3.41. The summed E-state index contributed by atoms with van der Waals surface area (Å²) in [6.45, 7) is 0.592. The SMILES string of the molecule is CC(O)(c1ccc2c(c1)CC[C@@H](CC(=O)CCC(=O)O)N2S(=O)(=O)c1ccc(F)cc1)C(F)(F)F. The van der Waals surface area contributed by atoms with Crippen LogP contribution in [0, 0.1) is 5.82 Å². The standard InChI is InChI=1S/C23H23F4NO6S/c1-22(32,23(25,26)27)15-3-10-20-14(12-15)2-6-17(13-18(29)7-11-21(30)31)28(20)35(33,34)19-8-4-16(24)5-9-19/h3-5,8-10,12,17,32H,2,6-7,11,13H2,1H3,(H,30,31)/t17-,22?/m0/s1. The van der Waals surface area contributed by atoms with E-state index in [1.807, 2.05) is 0 Å². The largest absolute Gasteiger partial charge is 0.481 e. The van der Waals surface area contributed by atoms with Gasteiger partial charge >= 0.3 is 12.1 Å². The molecular formula is C23H23F4NO6S. The van der Waals surface area contributed by atoms with Crippen molar-refractivity contribution in [2.24, 2.45) is 0 Å². The number of aliphatic carboxylic acids is 1. The molecule has 0 spiro atoms. The Labute approximate surface area is 199 Å². The highest BCUT2D eigenvalue weighted by Crippen LogP contribution is 2.43. The van der Waals surface area contributed by atoms with Crippen LogP contribution >= 0.6 is 0 Å². The van der Waals surface area contributed by atoms with Crippen molar-refractivity contribution in [3.05, 3.63) is 59.4 Å². The van der Waals surface area contributed by atoms with Crippen LogP contribution < -0.4 is 4.31 Å². The minimum atomic E-state index is -4.98. The smallest absolute Gasteiger partial charge is 0.421 e. The summed E-state index contributed by atoms with van der Waals surface area (Å²) in [7, 11) is -4.38. The number of carbonyl (C=O) groups excluding carboxylic acids is 1. The second-order valence-electron chi connectivity index (χ2n) is 8.50. The second-order valence-corrected chi connectivity index (χ2v) is 10.3. The molecule has 0 saturated heterocycles. The zero-order valence-corrected chi connectivity index (χ0v) is 19.4. The Morgan fingerprint density at radius 1 is 1.09 bits per heavy atom. The molecule has 190 valence electrons. The summed E-state index contributed by atoms with van der Waals surface area (Å²) >= 11 is 0. The third-order valence-electron chi connectivity index (χ3n) is 5.96. The molecule has 2 N–H and O–H groups in total. The number of ketones is 1. The van der Waals surface area contributed by atoms with Gasteiger partial charge in [0.2, 0.25) is 0 Å². The first-order chi connectivity index (χ1) is 16.1. The van der Waals surface area contributed by atoms with Gasteiger partial charge < -0.3 is 10.2 Å². The first kappa shape index (κ1) is 26.6. The fraction of sp³-hybridized carbons (Fsp3) is 0.391. The monoisotopic (exact) mass is 517 g/mol. The summed E-state index contributed by atoms with van der Waals surface area (Å²) < 4.78 is 81.4. The number of aliphatic hydroxyl groups is 1. The van der Waals surface area contributed by atoms with Crippen LogP contribution in [-0.2, 0) is 31.6 Å². The van der Waals surface area contributed by atoms with Crippen molar-refractivity contribution >= 4 is 27.5 Å². The van der Waals surface area contributed by atoms with Gasteiger partial charge in [0.15, 0.2) is 5.60 Å². The highest BCUT2D eigenvalue weighted by atomic mass is 32.2. The Morgan fingerprint density at radius 2 is 1.71 bits per heavy atom. The van der Waals surface area contributed by atoms with Gasteiger partial charge in [-0.1, -0.05) is 12.1 Å². The molecule has 1 unspecified atom stereocenters. The lowest BCUT2D eigenvalue weighted by Gasteiger charge is -2.38. The molecule has 7 nitrogen and oxygen atoms in total. The van der Waals surface area contributed by atoms with Gasteiger partial charge in [0.1, 0.15) is 11.6 Å². The van der Waals surface area contributed by atoms with Crippen molar-refractivity contribution in [3.63, 3.8) is 0 Å². The Morgan fingerprint density at radius 3 is 2.29 bits per heavy atom. The zero-order valence-electron chi connectivity index (χ0n) is 18.5. The van der Waals surface area contributed by atoms with Gasteiger partial charge in [0.25, 0.3) is 10.0 Å². The number of Topliss-reactive ketones (excluding diaryl/α,β-unsaturated/α-hetero) is 1. The number of hydrogen-bond donors (Lipinski definition) is 2. The molecule has 12 heteroatoms. The normalized spacial score (nSPS) is 18.0. The Balaban J connectivity index is 2.07. The number of hydrogen-bond acceptors (Lipinski definition) is 5. The van der Waals surface area contributed by atoms with Gasteiger partial charge in [-0.3, -0.25) is 13.9 Å². The van der Waals surface area contributed by atoms with Crippen LogP contribution in [0.4, 0.5) is 23.2 Å². The number of carboxylic acids is 1. The van der Waals surface area contributed by atoms with Crippen LogP contribution in [-0.4, -0.2) is 42.6 Å². The van der Waals surface area contributed by atoms with Crippen LogP contribution in [0.15, 0.2) is 47.4 Å². The lowest BCUT2D eigenvalue weighted by molar-refractivity contribution is -0.258. The maximum Gasteiger partial charge on any atom is 0.421 e. The fourth-order valence-electron chi connectivity index (χ4n) is 3.95. The molecular weight excluding hydrogens is 494 g/mol. The Kier molecular flexibility index (Phi) is 7.28. The number of carbonyl (C=O) groups is 2. The quantitative estimate of drug-likeness (QED) is 0.514. The maximum absolute atomic E-state index is 13.5. The number of nitrogens with zero attached hydrogens (tertiary/aromatic N) is 1. The van der Waals surface area contributed by atoms with E-state index in [0.717, 1.165) is 46.8 Å². The van der Waals surface area contributed by atoms with Gasteiger partial charge in [-0.05, 0) is 61.2 Å². The third-order valence-corrected chi connectivity index (χ3v) is 7.84. The first-order valence-corrected chi connectivity index (χ1v) is 12.0. The predicted octanol–water partition coefficient (Wildman–Crippen LogP) is 3.93. The van der Waals surface area contributed by atoms with E-state index in [2.05, 4.69) is 0 Å². The topological polar surface area (TPSA) is 112 Å². The average molecular weight is 517 g/mol. The van der Waals surface area contributed by atoms with Crippen LogP contribution in [0.5, 0.6) is 0 Å². The van der Waals surface area contributed by atoms with Crippen molar-refractivity contribution in [1.82, 2.24) is 0 Å². The molecule has 1 aliphatic rings. The van der Waals surface area contributed by atoms with E-state index in [-0.39, 0.29) is 41.8 Å². The van der Waals surface area contributed by atoms with Crippen molar-refractivity contribution < 1.29 is 45.8 Å². The molecule has 35 heavy (non-hydrogen) atoms. The molecule has 0 saturated carbocycles. The summed E-state index contributed by atoms with van der Waals surface area (Å²) in [5, 5.41) is 18.9. The van der Waals surface area contributed by atoms with Crippen LogP contribution in [0.3, 0.4) is 0 Å². The van der Waals surface area contributed by atoms with Crippen molar-refractivity contribution in [3.8, 4) is 0 Å². The van der Waals surface area contributed by atoms with E-state index < -0.39 is 57.4 Å². The summed E-state index contributed by atoms with van der Waals surface area (Å²) in [6, 6.07) is 6.19. The minimum Gasteiger partial charge on any atom is -0.481 e. The lowest BCUT2D eigenvalue weighted by Crippen LogP contribution is -2.45. The molecule has 1 heterocycles. The van der Waals surface area contributed by atoms with Crippen LogP contribution in [0.2, 0.25) is 0 Å². The van der Waals surface area contributed by atoms with Gasteiger partial charge in [0, 0.05) is 12.8 Å². The fourth-order valence-corrected chi connectivity index (χ4v) is 5.66. The maximum atomic E-state index is 13.5. The van der Waals surface area contributed by atoms with Gasteiger partial charge in [-0.2, -0.15) is 13.2 Å². The highest BCUT2D eigenvalue weighted by molar-refractivity contribution is 7.92. The van der Waals surface area contributed by atoms with Crippen molar-refractivity contribution in [2.75, 3.05) is 4.31 Å². The molecule has 0 bridgehead atoms. The summed E-state index contributed by atoms with van der Waals surface area (Å²) in [6.07, 6.45) is -5.85. The predicted molar refractivity (Wildman–Crippen MR) is 117 cm³/mol. The summed E-state index contributed by atoms with van der Waals surface area (Å²) in [5.74, 6) is -2.36. The number of fused-ring (bicyclic) bond motifs is 1. The minimum absolute atomic E-state index is 0.0262. The number of alkyl halides is 3. The van der Waals surface area contributed by atoms with E-state index in [4.69, 9.17) is 5.11 Å².